The van der Waals surface area contributed by atoms with Crippen LogP contribution in [0.1, 0.15) is 5.56 Å². The zero-order valence-corrected chi connectivity index (χ0v) is 26.7. The fourth-order valence-electron chi connectivity index (χ4n) is 7.35. The molecule has 0 bridgehead atoms. The summed E-state index contributed by atoms with van der Waals surface area (Å²) in [5.74, 6) is 0. The average Bonchev–Trinajstić information content (AvgIpc) is 3.70. The van der Waals surface area contributed by atoms with Crippen LogP contribution in [0.15, 0.2) is 152 Å². The van der Waals surface area contributed by atoms with E-state index in [4.69, 9.17) is 13.1 Å². The van der Waals surface area contributed by atoms with Crippen LogP contribution < -0.4 is 0 Å². The molecule has 0 fully saturated rings. The van der Waals surface area contributed by atoms with Crippen molar-refractivity contribution in [2.75, 3.05) is 0 Å². The Bertz CT molecular complexity index is 2900. The summed E-state index contributed by atoms with van der Waals surface area (Å²) < 4.78 is 4.40. The molecule has 7 aromatic carbocycles. The number of aromatic nitrogens is 2. The van der Waals surface area contributed by atoms with Gasteiger partial charge in [0.25, 0.3) is 0 Å². The van der Waals surface area contributed by atoms with Crippen molar-refractivity contribution >= 4 is 55.0 Å². The van der Waals surface area contributed by atoms with Crippen LogP contribution in [0, 0.1) is 24.5 Å². The molecule has 0 aliphatic carbocycles. The number of hydrogen-bond donors (Lipinski definition) is 0. The number of para-hydroxylation sites is 3. The highest BCUT2D eigenvalue weighted by atomic mass is 15.0. The molecule has 5 heteroatoms. The number of hydrogen-bond acceptors (Lipinski definition) is 1. The van der Waals surface area contributed by atoms with E-state index >= 15 is 0 Å². The van der Waals surface area contributed by atoms with E-state index in [1.165, 1.54) is 10.8 Å². The molecule has 9 rings (SSSR count). The summed E-state index contributed by atoms with van der Waals surface area (Å²) in [5.41, 5.74) is 11.8. The van der Waals surface area contributed by atoms with Crippen molar-refractivity contribution in [1.82, 2.24) is 9.13 Å². The van der Waals surface area contributed by atoms with Crippen molar-refractivity contribution in [3.05, 3.63) is 180 Å². The summed E-state index contributed by atoms with van der Waals surface area (Å²) in [4.78, 5) is 7.43. The molecule has 0 spiro atoms. The maximum Gasteiger partial charge on any atom is 0.189 e. The number of nitrogens with zero attached hydrogens (tertiary/aromatic N) is 5. The van der Waals surface area contributed by atoms with Gasteiger partial charge in [0.2, 0.25) is 0 Å². The van der Waals surface area contributed by atoms with Crippen LogP contribution in [-0.2, 0) is 0 Å². The fraction of sp³-hybridized carbons (Fsp3) is 0. The molecule has 0 unspecified atom stereocenters. The summed E-state index contributed by atoms with van der Waals surface area (Å²) in [6.07, 6.45) is 0. The van der Waals surface area contributed by atoms with Gasteiger partial charge in [-0.05, 0) is 70.6 Å². The summed E-state index contributed by atoms with van der Waals surface area (Å²) in [6.45, 7) is 15.3. The van der Waals surface area contributed by atoms with Gasteiger partial charge in [-0.25, -0.2) is 9.69 Å². The molecule has 0 atom stereocenters. The topological polar surface area (TPSA) is 42.4 Å². The van der Waals surface area contributed by atoms with Crippen LogP contribution in [0.25, 0.3) is 86.9 Å². The van der Waals surface area contributed by atoms with E-state index in [9.17, 15) is 5.26 Å². The first-order valence-electron chi connectivity index (χ1n) is 16.2. The highest BCUT2D eigenvalue weighted by Crippen LogP contribution is 2.40. The van der Waals surface area contributed by atoms with Crippen molar-refractivity contribution in [2.24, 2.45) is 0 Å². The van der Waals surface area contributed by atoms with Crippen molar-refractivity contribution in [1.29, 1.82) is 5.26 Å². The van der Waals surface area contributed by atoms with Gasteiger partial charge in [-0.15, -0.1) is 0 Å². The van der Waals surface area contributed by atoms with E-state index in [0.29, 0.717) is 16.9 Å². The Morgan fingerprint density at radius 2 is 1.10 bits per heavy atom. The van der Waals surface area contributed by atoms with Gasteiger partial charge in [0.05, 0.1) is 40.8 Å². The maximum absolute atomic E-state index is 10.1. The van der Waals surface area contributed by atoms with Crippen molar-refractivity contribution < 1.29 is 0 Å². The van der Waals surface area contributed by atoms with E-state index in [0.717, 1.165) is 66.5 Å². The van der Waals surface area contributed by atoms with Gasteiger partial charge in [0.1, 0.15) is 6.07 Å². The highest BCUT2D eigenvalue weighted by molar-refractivity contribution is 6.12. The molecule has 0 aliphatic heterocycles. The van der Waals surface area contributed by atoms with Crippen LogP contribution in [0.5, 0.6) is 0 Å². The lowest BCUT2D eigenvalue weighted by Crippen LogP contribution is -1.97. The molecule has 5 nitrogen and oxygen atoms in total. The third-order valence-corrected chi connectivity index (χ3v) is 9.59. The molecule has 2 heterocycles. The minimum absolute atomic E-state index is 0.567. The smallest absolute Gasteiger partial charge is 0.189 e. The lowest BCUT2D eigenvalue weighted by Gasteiger charge is -2.15. The average molecular weight is 636 g/mol. The number of fused-ring (bicyclic) bond motifs is 6. The van der Waals surface area contributed by atoms with Crippen LogP contribution in [-0.4, -0.2) is 9.13 Å². The van der Waals surface area contributed by atoms with E-state index in [2.05, 4.69) is 122 Å². The van der Waals surface area contributed by atoms with Gasteiger partial charge in [0.15, 0.2) is 11.4 Å². The minimum atomic E-state index is 0.567. The Morgan fingerprint density at radius 3 is 1.82 bits per heavy atom. The molecule has 0 amide bonds. The standard InChI is InChI=1S/C45H25N5/c1-47-33-22-24-43-40(26-33)39-14-8-10-32(28-46)45(39)49(43)35-11-7-9-31(25-35)29-17-19-30(20-18-29)36-23-21-34(48-2)27-44(36)50-41-15-5-3-12-37(41)38-13-4-6-16-42(38)50/h3-27H. The van der Waals surface area contributed by atoms with E-state index < -0.39 is 0 Å². The molecule has 0 N–H and O–H groups in total. The highest BCUT2D eigenvalue weighted by Gasteiger charge is 2.18. The quantitative estimate of drug-likeness (QED) is 0.177. The summed E-state index contributed by atoms with van der Waals surface area (Å²) in [7, 11) is 0. The monoisotopic (exact) mass is 635 g/mol. The lowest BCUT2D eigenvalue weighted by atomic mass is 9.98. The number of rotatable bonds is 4. The third kappa shape index (κ3) is 4.38. The predicted molar refractivity (Wildman–Crippen MR) is 203 cm³/mol. The largest absolute Gasteiger partial charge is 0.310 e. The van der Waals surface area contributed by atoms with Gasteiger partial charge in [-0.1, -0.05) is 103 Å². The summed E-state index contributed by atoms with van der Waals surface area (Å²) in [6, 6.07) is 53.5. The number of nitriles is 1. The van der Waals surface area contributed by atoms with Crippen molar-refractivity contribution in [3.63, 3.8) is 0 Å². The first-order valence-corrected chi connectivity index (χ1v) is 16.2. The second-order valence-electron chi connectivity index (χ2n) is 12.3. The summed E-state index contributed by atoms with van der Waals surface area (Å²) >= 11 is 0. The maximum atomic E-state index is 10.1. The van der Waals surface area contributed by atoms with Crippen molar-refractivity contribution in [2.45, 2.75) is 0 Å². The van der Waals surface area contributed by atoms with Gasteiger partial charge in [-0.2, -0.15) is 5.26 Å². The normalized spacial score (nSPS) is 11.1. The Hall–Kier alpha value is -7.39. The second-order valence-corrected chi connectivity index (χ2v) is 12.3. The SMILES string of the molecule is [C-]#[N+]c1ccc(-c2ccc(-c3cccc(-n4c5ccc([N+]#[C-])cc5c5cccc(C#N)c54)c3)cc2)c(-n2c3ccccc3c3ccccc32)c1. The van der Waals surface area contributed by atoms with E-state index in [1.807, 2.05) is 54.6 Å². The molecule has 0 saturated heterocycles. The minimum Gasteiger partial charge on any atom is -0.310 e. The molecular weight excluding hydrogens is 611 g/mol. The molecule has 0 radical (unpaired) electrons. The third-order valence-electron chi connectivity index (χ3n) is 9.59. The van der Waals surface area contributed by atoms with Crippen LogP contribution >= 0.6 is 0 Å². The first kappa shape index (κ1) is 28.8. The van der Waals surface area contributed by atoms with Crippen LogP contribution in [0.3, 0.4) is 0 Å². The Morgan fingerprint density at radius 1 is 0.480 bits per heavy atom. The van der Waals surface area contributed by atoms with Gasteiger partial charge in [0, 0.05) is 33.1 Å². The van der Waals surface area contributed by atoms with Gasteiger partial charge >= 0.3 is 0 Å². The fourth-order valence-corrected chi connectivity index (χ4v) is 7.35. The molecule has 9 aromatic rings. The number of benzene rings is 7. The lowest BCUT2D eigenvalue weighted by molar-refractivity contribution is 1.18. The van der Waals surface area contributed by atoms with Crippen molar-refractivity contribution in [3.8, 4) is 39.7 Å². The second kappa shape index (κ2) is 11.4. The van der Waals surface area contributed by atoms with Gasteiger partial charge in [-0.3, -0.25) is 0 Å². The Labute approximate surface area is 288 Å². The molecule has 230 valence electrons. The predicted octanol–water partition coefficient (Wildman–Crippen LogP) is 12.2. The zero-order chi connectivity index (χ0) is 33.8. The molecule has 0 saturated carbocycles. The van der Waals surface area contributed by atoms with Gasteiger partial charge < -0.3 is 9.13 Å². The van der Waals surface area contributed by atoms with Crippen LogP contribution in [0.2, 0.25) is 0 Å². The van der Waals surface area contributed by atoms with E-state index in [1.54, 1.807) is 0 Å². The van der Waals surface area contributed by atoms with Crippen LogP contribution in [0.4, 0.5) is 11.4 Å². The van der Waals surface area contributed by atoms with E-state index in [-0.39, 0.29) is 0 Å². The zero-order valence-electron chi connectivity index (χ0n) is 26.7. The Balaban J connectivity index is 1.17. The molecule has 50 heavy (non-hydrogen) atoms. The summed E-state index contributed by atoms with van der Waals surface area (Å²) in [5, 5.41) is 14.3. The molecular formula is C45H25N5. The Kier molecular flexibility index (Phi) is 6.56. The molecule has 2 aromatic heterocycles. The molecule has 0 aliphatic rings. The first-order chi connectivity index (χ1) is 24.7.